The molecule has 0 saturated carbocycles. The summed E-state index contributed by atoms with van der Waals surface area (Å²) in [6, 6.07) is 11.1. The quantitative estimate of drug-likeness (QED) is 0.732. The third-order valence-electron chi connectivity index (χ3n) is 5.51. The van der Waals surface area contributed by atoms with Crippen molar-refractivity contribution in [3.05, 3.63) is 42.0 Å². The number of amides is 2. The number of ether oxygens (including phenoxy) is 3. The molecule has 2 aromatic rings. The minimum absolute atomic E-state index is 0.0690. The van der Waals surface area contributed by atoms with Crippen LogP contribution < -0.4 is 24.4 Å². The molecule has 2 heterocycles. The number of hydrogen-bond donors (Lipinski definition) is 1. The van der Waals surface area contributed by atoms with Crippen molar-refractivity contribution in [2.45, 2.75) is 39.7 Å². The highest BCUT2D eigenvalue weighted by molar-refractivity contribution is 6.04. The van der Waals surface area contributed by atoms with Crippen LogP contribution in [-0.2, 0) is 16.0 Å². The maximum atomic E-state index is 13.0. The molecule has 1 fully saturated rings. The average molecular weight is 424 g/mol. The van der Waals surface area contributed by atoms with Gasteiger partial charge in [0.25, 0.3) is 0 Å². The molecule has 1 saturated heterocycles. The van der Waals surface area contributed by atoms with Crippen molar-refractivity contribution in [3.63, 3.8) is 0 Å². The Morgan fingerprint density at radius 1 is 1.13 bits per heavy atom. The van der Waals surface area contributed by atoms with E-state index in [1.54, 1.807) is 4.90 Å². The second-order valence-corrected chi connectivity index (χ2v) is 7.84. The molecule has 0 spiro atoms. The average Bonchev–Trinajstić information content (AvgIpc) is 3.30. The van der Waals surface area contributed by atoms with Crippen molar-refractivity contribution in [1.29, 1.82) is 0 Å². The molecule has 0 radical (unpaired) electrons. The first-order valence-electron chi connectivity index (χ1n) is 10.8. The monoisotopic (exact) mass is 424 g/mol. The second-order valence-electron chi connectivity index (χ2n) is 7.84. The summed E-state index contributed by atoms with van der Waals surface area (Å²) in [5.41, 5.74) is 2.41. The molecular weight excluding hydrogens is 396 g/mol. The van der Waals surface area contributed by atoms with E-state index in [-0.39, 0.29) is 24.3 Å². The zero-order chi connectivity index (χ0) is 22.0. The minimum Gasteiger partial charge on any atom is -0.494 e. The summed E-state index contributed by atoms with van der Waals surface area (Å²) in [6.07, 6.45) is 1.09. The summed E-state index contributed by atoms with van der Waals surface area (Å²) in [5, 5.41) is 2.96. The summed E-state index contributed by atoms with van der Waals surface area (Å²) >= 11 is 0. The van der Waals surface area contributed by atoms with Gasteiger partial charge in [-0.05, 0) is 51.1 Å². The van der Waals surface area contributed by atoms with Crippen LogP contribution in [0.3, 0.4) is 0 Å². The first-order valence-corrected chi connectivity index (χ1v) is 10.8. The van der Waals surface area contributed by atoms with E-state index in [1.165, 1.54) is 0 Å². The number of carbonyl (C=O) groups is 2. The van der Waals surface area contributed by atoms with Crippen LogP contribution in [-0.4, -0.2) is 37.7 Å². The smallest absolute Gasteiger partial charge is 0.229 e. The van der Waals surface area contributed by atoms with Gasteiger partial charge in [0.15, 0.2) is 0 Å². The molecule has 2 aliphatic rings. The Balaban J connectivity index is 1.47. The third kappa shape index (κ3) is 4.45. The predicted molar refractivity (Wildman–Crippen MR) is 118 cm³/mol. The molecule has 0 aromatic heterocycles. The zero-order valence-corrected chi connectivity index (χ0v) is 18.1. The van der Waals surface area contributed by atoms with Gasteiger partial charge in [-0.1, -0.05) is 0 Å². The van der Waals surface area contributed by atoms with Crippen molar-refractivity contribution in [3.8, 4) is 17.2 Å². The maximum Gasteiger partial charge on any atom is 0.229 e. The molecule has 1 N–H and O–H groups in total. The molecule has 0 aliphatic carbocycles. The number of fused-ring (bicyclic) bond motifs is 1. The molecule has 2 amide bonds. The van der Waals surface area contributed by atoms with E-state index in [0.29, 0.717) is 31.2 Å². The highest BCUT2D eigenvalue weighted by Crippen LogP contribution is 2.38. The highest BCUT2D eigenvalue weighted by Gasteiger charge is 2.35. The molecule has 164 valence electrons. The van der Waals surface area contributed by atoms with Gasteiger partial charge in [-0.3, -0.25) is 9.59 Å². The normalized spacial score (nSPS) is 19.7. The van der Waals surface area contributed by atoms with E-state index in [0.717, 1.165) is 29.2 Å². The van der Waals surface area contributed by atoms with Gasteiger partial charge in [0.1, 0.15) is 23.4 Å². The second kappa shape index (κ2) is 8.88. The number of nitrogens with zero attached hydrogens (tertiary/aromatic N) is 1. The zero-order valence-electron chi connectivity index (χ0n) is 18.1. The van der Waals surface area contributed by atoms with Crippen LogP contribution in [0.25, 0.3) is 0 Å². The number of rotatable bonds is 7. The fraction of sp³-hybridized carbons (Fsp3) is 0.417. The number of hydrogen-bond acceptors (Lipinski definition) is 5. The minimum atomic E-state index is -0.443. The van der Waals surface area contributed by atoms with Crippen LogP contribution in [0.5, 0.6) is 17.2 Å². The Labute approximate surface area is 182 Å². The van der Waals surface area contributed by atoms with Crippen LogP contribution in [0.4, 0.5) is 11.4 Å². The Kier molecular flexibility index (Phi) is 6.02. The van der Waals surface area contributed by atoms with Crippen molar-refractivity contribution >= 4 is 23.2 Å². The number of benzene rings is 2. The number of carbonyl (C=O) groups excluding carboxylic acids is 2. The predicted octanol–water partition coefficient (Wildman–Crippen LogP) is 3.80. The molecule has 2 aromatic carbocycles. The van der Waals surface area contributed by atoms with Crippen LogP contribution in [0.2, 0.25) is 0 Å². The van der Waals surface area contributed by atoms with Gasteiger partial charge in [0.05, 0.1) is 24.8 Å². The molecule has 7 heteroatoms. The van der Waals surface area contributed by atoms with Gasteiger partial charge < -0.3 is 24.4 Å². The van der Waals surface area contributed by atoms with Crippen molar-refractivity contribution in [2.75, 3.05) is 30.0 Å². The lowest BCUT2D eigenvalue weighted by molar-refractivity contribution is -0.122. The van der Waals surface area contributed by atoms with Gasteiger partial charge >= 0.3 is 0 Å². The summed E-state index contributed by atoms with van der Waals surface area (Å²) in [4.78, 5) is 27.2. The molecule has 4 rings (SSSR count). The van der Waals surface area contributed by atoms with Gasteiger partial charge in [-0.25, -0.2) is 0 Å². The molecule has 2 unspecified atom stereocenters. The van der Waals surface area contributed by atoms with Gasteiger partial charge in [-0.2, -0.15) is 0 Å². The van der Waals surface area contributed by atoms with Gasteiger partial charge in [-0.15, -0.1) is 0 Å². The van der Waals surface area contributed by atoms with Crippen molar-refractivity contribution < 1.29 is 23.8 Å². The lowest BCUT2D eigenvalue weighted by Crippen LogP contribution is -2.28. The maximum absolute atomic E-state index is 13.0. The molecule has 7 nitrogen and oxygen atoms in total. The Morgan fingerprint density at radius 2 is 1.87 bits per heavy atom. The molecule has 0 bridgehead atoms. The topological polar surface area (TPSA) is 77.1 Å². The SMILES string of the molecule is CCOc1ccc(N2CC(C(=O)Nc3cc4c(cc3OCC)CC(C)O4)CC2=O)cc1. The van der Waals surface area contributed by atoms with E-state index in [4.69, 9.17) is 14.2 Å². The van der Waals surface area contributed by atoms with Crippen molar-refractivity contribution in [1.82, 2.24) is 0 Å². The van der Waals surface area contributed by atoms with Crippen LogP contribution in [0.15, 0.2) is 36.4 Å². The summed E-state index contributed by atoms with van der Waals surface area (Å²) in [6.45, 7) is 7.25. The fourth-order valence-electron chi connectivity index (χ4n) is 4.07. The number of anilines is 2. The van der Waals surface area contributed by atoms with E-state index in [2.05, 4.69) is 5.32 Å². The third-order valence-corrected chi connectivity index (χ3v) is 5.51. The Hall–Kier alpha value is -3.22. The van der Waals surface area contributed by atoms with E-state index < -0.39 is 5.92 Å². The van der Waals surface area contributed by atoms with Gasteiger partial charge in [0.2, 0.25) is 11.8 Å². The van der Waals surface area contributed by atoms with Crippen molar-refractivity contribution in [2.24, 2.45) is 5.92 Å². The van der Waals surface area contributed by atoms with Crippen LogP contribution >= 0.6 is 0 Å². The van der Waals surface area contributed by atoms with E-state index in [1.807, 2.05) is 57.2 Å². The lowest BCUT2D eigenvalue weighted by atomic mass is 10.1. The molecule has 31 heavy (non-hydrogen) atoms. The summed E-state index contributed by atoms with van der Waals surface area (Å²) in [5.74, 6) is 1.43. The Morgan fingerprint density at radius 3 is 2.58 bits per heavy atom. The first kappa shape index (κ1) is 21.0. The largest absolute Gasteiger partial charge is 0.494 e. The first-order chi connectivity index (χ1) is 15.0. The van der Waals surface area contributed by atoms with Crippen LogP contribution in [0.1, 0.15) is 32.8 Å². The van der Waals surface area contributed by atoms with Crippen LogP contribution in [0, 0.1) is 5.92 Å². The van der Waals surface area contributed by atoms with E-state index >= 15 is 0 Å². The fourth-order valence-corrected chi connectivity index (χ4v) is 4.07. The molecule has 2 atom stereocenters. The molecular formula is C24H28N2O5. The van der Waals surface area contributed by atoms with E-state index in [9.17, 15) is 9.59 Å². The standard InChI is InChI=1S/C24H28N2O5/c1-4-29-19-8-6-18(7-9-19)26-14-17(12-23(26)27)24(28)25-20-13-21-16(10-15(3)31-21)11-22(20)30-5-2/h6-9,11,13,15,17H,4-5,10,12,14H2,1-3H3,(H,25,28). The lowest BCUT2D eigenvalue weighted by Gasteiger charge is -2.18. The summed E-state index contributed by atoms with van der Waals surface area (Å²) < 4.78 is 17.0. The summed E-state index contributed by atoms with van der Waals surface area (Å²) in [7, 11) is 0. The molecule has 2 aliphatic heterocycles. The Bertz CT molecular complexity index is 973. The highest BCUT2D eigenvalue weighted by atomic mass is 16.5. The number of nitrogens with one attached hydrogen (secondary N) is 1. The van der Waals surface area contributed by atoms with Gasteiger partial charge in [0, 0.05) is 36.7 Å².